The molecule has 0 fully saturated rings. The number of anilines is 1. The Labute approximate surface area is 130 Å². The van der Waals surface area contributed by atoms with Crippen molar-refractivity contribution in [1.29, 1.82) is 0 Å². The number of nitrogens with zero attached hydrogens (tertiary/aromatic N) is 4. The van der Waals surface area contributed by atoms with E-state index in [1.54, 1.807) is 10.7 Å². The molecule has 112 valence electrons. The zero-order valence-electron chi connectivity index (χ0n) is 12.0. The number of hydrogen-bond acceptors (Lipinski definition) is 5. The summed E-state index contributed by atoms with van der Waals surface area (Å²) in [5, 5.41) is 22.1. The molecule has 1 aromatic carbocycles. The van der Waals surface area contributed by atoms with Gasteiger partial charge >= 0.3 is 0 Å². The lowest BCUT2D eigenvalue weighted by Gasteiger charge is -2.17. The molecule has 0 amide bonds. The SMILES string of the molecule is CC(C)(C)n1cc(CNc2cc([N+](=O)[O-])ccc2Br)nn1. The molecule has 0 atom stereocenters. The van der Waals surface area contributed by atoms with E-state index in [1.165, 1.54) is 12.1 Å². The molecule has 0 aliphatic carbocycles. The molecule has 2 rings (SSSR count). The lowest BCUT2D eigenvalue weighted by atomic mass is 10.1. The zero-order chi connectivity index (χ0) is 15.6. The maximum absolute atomic E-state index is 10.8. The predicted molar refractivity (Wildman–Crippen MR) is 83.1 cm³/mol. The molecule has 0 spiro atoms. The Kier molecular flexibility index (Phi) is 4.26. The highest BCUT2D eigenvalue weighted by atomic mass is 79.9. The Hall–Kier alpha value is -1.96. The second kappa shape index (κ2) is 5.80. The predicted octanol–water partition coefficient (Wildman–Crippen LogP) is 3.32. The normalized spacial score (nSPS) is 11.4. The minimum atomic E-state index is -0.423. The minimum Gasteiger partial charge on any atom is -0.378 e. The van der Waals surface area contributed by atoms with Crippen molar-refractivity contribution in [3.05, 3.63) is 44.7 Å². The van der Waals surface area contributed by atoms with Gasteiger partial charge in [0.05, 0.1) is 28.9 Å². The van der Waals surface area contributed by atoms with E-state index in [4.69, 9.17) is 0 Å². The maximum Gasteiger partial charge on any atom is 0.271 e. The van der Waals surface area contributed by atoms with Crippen LogP contribution in [0.4, 0.5) is 11.4 Å². The Morgan fingerprint density at radius 2 is 2.14 bits per heavy atom. The lowest BCUT2D eigenvalue weighted by Crippen LogP contribution is -2.22. The van der Waals surface area contributed by atoms with E-state index in [0.717, 1.165) is 10.2 Å². The first-order chi connectivity index (χ1) is 9.77. The Morgan fingerprint density at radius 3 is 2.71 bits per heavy atom. The summed E-state index contributed by atoms with van der Waals surface area (Å²) >= 11 is 3.36. The third-order valence-electron chi connectivity index (χ3n) is 2.85. The third-order valence-corrected chi connectivity index (χ3v) is 3.54. The van der Waals surface area contributed by atoms with Crippen molar-refractivity contribution in [3.8, 4) is 0 Å². The minimum absolute atomic E-state index is 0.0408. The summed E-state index contributed by atoms with van der Waals surface area (Å²) in [6.07, 6.45) is 1.86. The van der Waals surface area contributed by atoms with Gasteiger partial charge in [-0.3, -0.25) is 10.1 Å². The second-order valence-electron chi connectivity index (χ2n) is 5.60. The summed E-state index contributed by atoms with van der Waals surface area (Å²) in [7, 11) is 0. The Balaban J connectivity index is 2.11. The quantitative estimate of drug-likeness (QED) is 0.672. The average molecular weight is 354 g/mol. The van der Waals surface area contributed by atoms with Crippen molar-refractivity contribution in [2.45, 2.75) is 32.9 Å². The third kappa shape index (κ3) is 3.78. The summed E-state index contributed by atoms with van der Waals surface area (Å²) < 4.78 is 2.54. The first kappa shape index (κ1) is 15.4. The number of non-ortho nitro benzene ring substituents is 1. The highest BCUT2D eigenvalue weighted by Gasteiger charge is 2.15. The molecule has 1 N–H and O–H groups in total. The molecule has 8 heteroatoms. The van der Waals surface area contributed by atoms with Gasteiger partial charge in [0.15, 0.2) is 0 Å². The molecule has 1 heterocycles. The van der Waals surface area contributed by atoms with Crippen LogP contribution >= 0.6 is 15.9 Å². The van der Waals surface area contributed by atoms with Crippen LogP contribution in [0.5, 0.6) is 0 Å². The molecule has 0 aliphatic rings. The van der Waals surface area contributed by atoms with E-state index in [1.807, 2.05) is 27.0 Å². The number of nitro benzene ring substituents is 1. The molecule has 7 nitrogen and oxygen atoms in total. The largest absolute Gasteiger partial charge is 0.378 e. The molecule has 21 heavy (non-hydrogen) atoms. The van der Waals surface area contributed by atoms with Gasteiger partial charge in [-0.2, -0.15) is 0 Å². The van der Waals surface area contributed by atoms with Crippen LogP contribution in [0.15, 0.2) is 28.9 Å². The number of benzene rings is 1. The Bertz CT molecular complexity index is 663. The summed E-state index contributed by atoms with van der Waals surface area (Å²) in [6, 6.07) is 4.58. The van der Waals surface area contributed by atoms with Crippen LogP contribution in [0.2, 0.25) is 0 Å². The summed E-state index contributed by atoms with van der Waals surface area (Å²) in [5.41, 5.74) is 1.33. The van der Waals surface area contributed by atoms with Gasteiger partial charge in [0.2, 0.25) is 0 Å². The van der Waals surface area contributed by atoms with Gasteiger partial charge in [-0.15, -0.1) is 5.10 Å². The van der Waals surface area contributed by atoms with Crippen molar-refractivity contribution < 1.29 is 4.92 Å². The van der Waals surface area contributed by atoms with Crippen molar-refractivity contribution in [2.24, 2.45) is 0 Å². The molecule has 2 aromatic rings. The van der Waals surface area contributed by atoms with Crippen LogP contribution in [-0.2, 0) is 12.1 Å². The van der Waals surface area contributed by atoms with E-state index in [2.05, 4.69) is 31.6 Å². The van der Waals surface area contributed by atoms with Gasteiger partial charge in [0.25, 0.3) is 5.69 Å². The summed E-state index contributed by atoms with van der Waals surface area (Å²) in [4.78, 5) is 10.4. The average Bonchev–Trinajstić information content (AvgIpc) is 2.86. The van der Waals surface area contributed by atoms with Gasteiger partial charge in [-0.05, 0) is 42.8 Å². The summed E-state index contributed by atoms with van der Waals surface area (Å²) in [5.74, 6) is 0. The second-order valence-corrected chi connectivity index (χ2v) is 6.45. The smallest absolute Gasteiger partial charge is 0.271 e. The van der Waals surface area contributed by atoms with Crippen molar-refractivity contribution in [2.75, 3.05) is 5.32 Å². The first-order valence-corrected chi connectivity index (χ1v) is 7.16. The maximum atomic E-state index is 10.8. The van der Waals surface area contributed by atoms with Gasteiger partial charge in [-0.25, -0.2) is 4.68 Å². The monoisotopic (exact) mass is 353 g/mol. The zero-order valence-corrected chi connectivity index (χ0v) is 13.6. The molecule has 1 aromatic heterocycles. The number of aromatic nitrogens is 3. The van der Waals surface area contributed by atoms with Gasteiger partial charge in [0, 0.05) is 16.6 Å². The van der Waals surface area contributed by atoms with Crippen LogP contribution in [0.25, 0.3) is 0 Å². The molecular weight excluding hydrogens is 338 g/mol. The van der Waals surface area contributed by atoms with Crippen molar-refractivity contribution in [1.82, 2.24) is 15.0 Å². The van der Waals surface area contributed by atoms with Crippen LogP contribution in [0.3, 0.4) is 0 Å². The van der Waals surface area contributed by atoms with E-state index in [0.29, 0.717) is 12.2 Å². The van der Waals surface area contributed by atoms with E-state index < -0.39 is 4.92 Å². The molecule has 0 radical (unpaired) electrons. The molecule has 0 saturated carbocycles. The van der Waals surface area contributed by atoms with Crippen LogP contribution < -0.4 is 5.32 Å². The number of halogens is 1. The van der Waals surface area contributed by atoms with Gasteiger partial charge in [-0.1, -0.05) is 5.21 Å². The van der Waals surface area contributed by atoms with Crippen molar-refractivity contribution in [3.63, 3.8) is 0 Å². The fraction of sp³-hybridized carbons (Fsp3) is 0.385. The van der Waals surface area contributed by atoms with Crippen molar-refractivity contribution >= 4 is 27.3 Å². The topological polar surface area (TPSA) is 85.9 Å². The molecule has 0 bridgehead atoms. The van der Waals surface area contributed by atoms with Crippen LogP contribution in [-0.4, -0.2) is 19.9 Å². The number of hydrogen-bond donors (Lipinski definition) is 1. The number of rotatable bonds is 4. The molecule has 0 aliphatic heterocycles. The van der Waals surface area contributed by atoms with E-state index in [-0.39, 0.29) is 11.2 Å². The van der Waals surface area contributed by atoms with Gasteiger partial charge in [0.1, 0.15) is 5.69 Å². The van der Waals surface area contributed by atoms with Crippen LogP contribution in [0, 0.1) is 10.1 Å². The van der Waals surface area contributed by atoms with Gasteiger partial charge < -0.3 is 5.32 Å². The number of nitrogens with one attached hydrogen (secondary N) is 1. The highest BCUT2D eigenvalue weighted by molar-refractivity contribution is 9.10. The molecule has 0 saturated heterocycles. The first-order valence-electron chi connectivity index (χ1n) is 6.37. The van der Waals surface area contributed by atoms with E-state index in [9.17, 15) is 10.1 Å². The standard InChI is InChI=1S/C13H16BrN5O2/c1-13(2,3)18-8-9(16-17-18)7-15-12-6-10(19(20)21)4-5-11(12)14/h4-6,8,15H,7H2,1-3H3. The number of nitro groups is 1. The Morgan fingerprint density at radius 1 is 1.43 bits per heavy atom. The molecular formula is C13H16BrN5O2. The molecule has 0 unspecified atom stereocenters. The van der Waals surface area contributed by atoms with Crippen LogP contribution in [0.1, 0.15) is 26.5 Å². The fourth-order valence-electron chi connectivity index (χ4n) is 1.66. The van der Waals surface area contributed by atoms with E-state index >= 15 is 0 Å². The fourth-order valence-corrected chi connectivity index (χ4v) is 2.04. The highest BCUT2D eigenvalue weighted by Crippen LogP contribution is 2.27. The lowest BCUT2D eigenvalue weighted by molar-refractivity contribution is -0.384. The summed E-state index contributed by atoms with van der Waals surface area (Å²) in [6.45, 7) is 6.55.